The van der Waals surface area contributed by atoms with Gasteiger partial charge in [0, 0.05) is 5.69 Å². The molecule has 0 radical (unpaired) electrons. The van der Waals surface area contributed by atoms with Gasteiger partial charge in [-0.3, -0.25) is 4.79 Å². The average molecular weight is 282 g/mol. The Kier molecular flexibility index (Phi) is 4.99. The fourth-order valence-corrected chi connectivity index (χ4v) is 2.34. The number of benzene rings is 2. The number of nitrogens with two attached hydrogens (primary N) is 1. The van der Waals surface area contributed by atoms with E-state index in [-0.39, 0.29) is 11.9 Å². The second-order valence-electron chi connectivity index (χ2n) is 5.62. The fraction of sp³-hybridized carbons (Fsp3) is 0.278. The Morgan fingerprint density at radius 3 is 2.24 bits per heavy atom. The van der Waals surface area contributed by atoms with Crippen LogP contribution in [0.3, 0.4) is 0 Å². The first-order valence-corrected chi connectivity index (χ1v) is 7.25. The van der Waals surface area contributed by atoms with Crippen LogP contribution in [0.15, 0.2) is 54.6 Å². The maximum absolute atomic E-state index is 12.2. The van der Waals surface area contributed by atoms with E-state index in [1.54, 1.807) is 0 Å². The molecule has 110 valence electrons. The van der Waals surface area contributed by atoms with Crippen molar-refractivity contribution in [3.63, 3.8) is 0 Å². The van der Waals surface area contributed by atoms with Crippen LogP contribution in [0.4, 0.5) is 5.69 Å². The summed E-state index contributed by atoms with van der Waals surface area (Å²) >= 11 is 0. The van der Waals surface area contributed by atoms with E-state index in [1.165, 1.54) is 0 Å². The van der Waals surface area contributed by atoms with Crippen molar-refractivity contribution in [3.05, 3.63) is 65.7 Å². The second-order valence-corrected chi connectivity index (χ2v) is 5.62. The van der Waals surface area contributed by atoms with Crippen molar-refractivity contribution in [2.75, 3.05) is 5.73 Å². The zero-order valence-corrected chi connectivity index (χ0v) is 12.5. The van der Waals surface area contributed by atoms with Crippen LogP contribution in [0, 0.1) is 5.92 Å². The minimum absolute atomic E-state index is 0.0299. The highest BCUT2D eigenvalue weighted by molar-refractivity contribution is 5.79. The molecule has 0 bridgehead atoms. The van der Waals surface area contributed by atoms with E-state index in [4.69, 9.17) is 5.73 Å². The van der Waals surface area contributed by atoms with Crippen LogP contribution in [0.25, 0.3) is 0 Å². The van der Waals surface area contributed by atoms with Crippen LogP contribution in [0.2, 0.25) is 0 Å². The van der Waals surface area contributed by atoms with Crippen molar-refractivity contribution >= 4 is 11.6 Å². The van der Waals surface area contributed by atoms with Gasteiger partial charge in [-0.1, -0.05) is 56.3 Å². The SMILES string of the molecule is CC(C)C(NC(=O)Cc1ccc(N)cc1)c1ccccc1. The lowest BCUT2D eigenvalue weighted by Crippen LogP contribution is -2.32. The molecular weight excluding hydrogens is 260 g/mol. The van der Waals surface area contributed by atoms with Gasteiger partial charge in [0.15, 0.2) is 0 Å². The molecule has 2 aromatic carbocycles. The highest BCUT2D eigenvalue weighted by atomic mass is 16.1. The quantitative estimate of drug-likeness (QED) is 0.826. The number of carbonyl (C=O) groups excluding carboxylic acids is 1. The van der Waals surface area contributed by atoms with Gasteiger partial charge in [0.25, 0.3) is 0 Å². The molecule has 3 heteroatoms. The van der Waals surface area contributed by atoms with Crippen LogP contribution >= 0.6 is 0 Å². The number of amides is 1. The molecule has 3 N–H and O–H groups in total. The van der Waals surface area contributed by atoms with Crippen LogP contribution < -0.4 is 11.1 Å². The first kappa shape index (κ1) is 15.1. The summed E-state index contributed by atoms with van der Waals surface area (Å²) in [5, 5.41) is 3.13. The van der Waals surface area contributed by atoms with Crippen molar-refractivity contribution in [1.82, 2.24) is 5.32 Å². The Morgan fingerprint density at radius 1 is 1.05 bits per heavy atom. The molecule has 1 unspecified atom stereocenters. The van der Waals surface area contributed by atoms with Crippen molar-refractivity contribution in [2.24, 2.45) is 5.92 Å². The second kappa shape index (κ2) is 6.93. The van der Waals surface area contributed by atoms with E-state index >= 15 is 0 Å². The molecule has 21 heavy (non-hydrogen) atoms. The van der Waals surface area contributed by atoms with Gasteiger partial charge in [0.05, 0.1) is 12.5 Å². The van der Waals surface area contributed by atoms with Gasteiger partial charge in [0.2, 0.25) is 5.91 Å². The molecule has 3 nitrogen and oxygen atoms in total. The first-order chi connectivity index (χ1) is 10.1. The lowest BCUT2D eigenvalue weighted by Gasteiger charge is -2.23. The number of nitrogen functional groups attached to an aromatic ring is 1. The molecule has 1 amide bonds. The summed E-state index contributed by atoms with van der Waals surface area (Å²) in [5.41, 5.74) is 8.47. The smallest absolute Gasteiger partial charge is 0.224 e. The number of anilines is 1. The van der Waals surface area contributed by atoms with Gasteiger partial charge in [0.1, 0.15) is 0 Å². The highest BCUT2D eigenvalue weighted by Gasteiger charge is 2.18. The molecule has 0 aromatic heterocycles. The van der Waals surface area contributed by atoms with Gasteiger partial charge >= 0.3 is 0 Å². The Labute approximate surface area is 126 Å². The summed E-state index contributed by atoms with van der Waals surface area (Å²) < 4.78 is 0. The molecule has 2 rings (SSSR count). The number of carbonyl (C=O) groups is 1. The molecule has 0 saturated heterocycles. The summed E-state index contributed by atoms with van der Waals surface area (Å²) in [6, 6.07) is 17.5. The van der Waals surface area contributed by atoms with Gasteiger partial charge in [-0.25, -0.2) is 0 Å². The minimum atomic E-state index is 0.0299. The highest BCUT2D eigenvalue weighted by Crippen LogP contribution is 2.21. The van der Waals surface area contributed by atoms with Crippen LogP contribution in [-0.4, -0.2) is 5.91 Å². The van der Waals surface area contributed by atoms with E-state index in [0.717, 1.165) is 11.1 Å². The third-order valence-corrected chi connectivity index (χ3v) is 3.49. The number of hydrogen-bond donors (Lipinski definition) is 2. The minimum Gasteiger partial charge on any atom is -0.399 e. The normalized spacial score (nSPS) is 12.1. The van der Waals surface area contributed by atoms with Gasteiger partial charge in [-0.05, 0) is 29.2 Å². The lowest BCUT2D eigenvalue weighted by molar-refractivity contribution is -0.121. The van der Waals surface area contributed by atoms with E-state index in [0.29, 0.717) is 18.0 Å². The zero-order valence-electron chi connectivity index (χ0n) is 12.5. The van der Waals surface area contributed by atoms with E-state index in [9.17, 15) is 4.79 Å². The Hall–Kier alpha value is -2.29. The molecule has 0 heterocycles. The van der Waals surface area contributed by atoms with Gasteiger partial charge in [-0.2, -0.15) is 0 Å². The zero-order chi connectivity index (χ0) is 15.2. The van der Waals surface area contributed by atoms with Gasteiger partial charge < -0.3 is 11.1 Å². The Morgan fingerprint density at radius 2 is 1.67 bits per heavy atom. The molecule has 0 spiro atoms. The number of rotatable bonds is 5. The predicted octanol–water partition coefficient (Wildman–Crippen LogP) is 3.32. The molecule has 0 aliphatic carbocycles. The molecular formula is C18H22N2O. The maximum Gasteiger partial charge on any atom is 0.224 e. The molecule has 0 aliphatic rings. The summed E-state index contributed by atoms with van der Waals surface area (Å²) in [4.78, 5) is 12.2. The van der Waals surface area contributed by atoms with Gasteiger partial charge in [-0.15, -0.1) is 0 Å². The third-order valence-electron chi connectivity index (χ3n) is 3.49. The standard InChI is InChI=1S/C18H22N2O/c1-13(2)18(15-6-4-3-5-7-15)20-17(21)12-14-8-10-16(19)11-9-14/h3-11,13,18H,12,19H2,1-2H3,(H,20,21). The topological polar surface area (TPSA) is 55.1 Å². The first-order valence-electron chi connectivity index (χ1n) is 7.25. The Bertz CT molecular complexity index is 576. The van der Waals surface area contributed by atoms with Crippen molar-refractivity contribution in [1.29, 1.82) is 0 Å². The van der Waals surface area contributed by atoms with E-state index in [1.807, 2.05) is 54.6 Å². The molecule has 1 atom stereocenters. The molecule has 0 aliphatic heterocycles. The summed E-state index contributed by atoms with van der Waals surface area (Å²) in [6.07, 6.45) is 0.371. The number of hydrogen-bond acceptors (Lipinski definition) is 2. The van der Waals surface area contributed by atoms with Crippen LogP contribution in [0.5, 0.6) is 0 Å². The summed E-state index contributed by atoms with van der Waals surface area (Å²) in [5.74, 6) is 0.366. The Balaban J connectivity index is 2.03. The van der Waals surface area contributed by atoms with Crippen molar-refractivity contribution in [3.8, 4) is 0 Å². The monoisotopic (exact) mass is 282 g/mol. The summed E-state index contributed by atoms with van der Waals surface area (Å²) in [7, 11) is 0. The summed E-state index contributed by atoms with van der Waals surface area (Å²) in [6.45, 7) is 4.22. The van der Waals surface area contributed by atoms with Crippen LogP contribution in [0.1, 0.15) is 31.0 Å². The molecule has 0 fully saturated rings. The largest absolute Gasteiger partial charge is 0.399 e. The molecule has 2 aromatic rings. The average Bonchev–Trinajstić information content (AvgIpc) is 2.48. The predicted molar refractivity (Wildman–Crippen MR) is 86.7 cm³/mol. The number of nitrogens with one attached hydrogen (secondary N) is 1. The maximum atomic E-state index is 12.2. The van der Waals surface area contributed by atoms with Crippen LogP contribution in [-0.2, 0) is 11.2 Å². The van der Waals surface area contributed by atoms with Crippen molar-refractivity contribution in [2.45, 2.75) is 26.3 Å². The molecule has 0 saturated carbocycles. The fourth-order valence-electron chi connectivity index (χ4n) is 2.34. The van der Waals surface area contributed by atoms with Crippen molar-refractivity contribution < 1.29 is 4.79 Å². The van der Waals surface area contributed by atoms with E-state index in [2.05, 4.69) is 19.2 Å². The van der Waals surface area contributed by atoms with E-state index < -0.39 is 0 Å². The lowest BCUT2D eigenvalue weighted by atomic mass is 9.95. The third kappa shape index (κ3) is 4.35.